The highest BCUT2D eigenvalue weighted by molar-refractivity contribution is 7.08. The maximum atomic E-state index is 5.94. The van der Waals surface area contributed by atoms with Crippen LogP contribution < -0.4 is 5.73 Å². The van der Waals surface area contributed by atoms with Crippen molar-refractivity contribution >= 4 is 28.8 Å². The molecule has 0 fully saturated rings. The highest BCUT2D eigenvalue weighted by Gasteiger charge is 2.07. The van der Waals surface area contributed by atoms with Crippen LogP contribution >= 0.6 is 22.9 Å². The number of rotatable bonds is 5. The number of amidine groups is 1. The largest absolute Gasteiger partial charge is 0.444 e. The van der Waals surface area contributed by atoms with E-state index in [0.29, 0.717) is 22.4 Å². The molecule has 0 aliphatic rings. The van der Waals surface area contributed by atoms with E-state index in [1.54, 1.807) is 23.5 Å². The van der Waals surface area contributed by atoms with Crippen molar-refractivity contribution in [2.75, 3.05) is 0 Å². The molecule has 1 aromatic carbocycles. The molecule has 0 bridgehead atoms. The van der Waals surface area contributed by atoms with Gasteiger partial charge in [0.05, 0.1) is 0 Å². The Hall–Kier alpha value is -2.31. The molecule has 3 rings (SSSR count). The summed E-state index contributed by atoms with van der Waals surface area (Å²) >= 11 is 7.49. The van der Waals surface area contributed by atoms with E-state index in [4.69, 9.17) is 26.6 Å². The molecule has 0 radical (unpaired) electrons. The molecule has 0 saturated heterocycles. The number of halogens is 1. The van der Waals surface area contributed by atoms with Gasteiger partial charge in [0.25, 0.3) is 0 Å². The van der Waals surface area contributed by atoms with Gasteiger partial charge in [-0.25, -0.2) is 4.98 Å². The number of nitrogens with zero attached hydrogens (tertiary/aromatic N) is 2. The van der Waals surface area contributed by atoms with Crippen molar-refractivity contribution in [1.29, 1.82) is 0 Å². The van der Waals surface area contributed by atoms with Crippen molar-refractivity contribution in [1.82, 2.24) is 4.98 Å². The Labute approximate surface area is 136 Å². The average Bonchev–Trinajstić information content (AvgIpc) is 3.19. The van der Waals surface area contributed by atoms with Crippen LogP contribution in [0.15, 0.2) is 56.9 Å². The highest BCUT2D eigenvalue weighted by atomic mass is 35.5. The summed E-state index contributed by atoms with van der Waals surface area (Å²) in [5.41, 5.74) is 8.06. The highest BCUT2D eigenvalue weighted by Crippen LogP contribution is 2.22. The number of benzene rings is 1. The summed E-state index contributed by atoms with van der Waals surface area (Å²) in [6.07, 6.45) is 1.52. The number of thiophene rings is 1. The molecule has 3 aromatic rings. The first-order valence-electron chi connectivity index (χ1n) is 6.41. The van der Waals surface area contributed by atoms with Gasteiger partial charge in [-0.2, -0.15) is 11.3 Å². The van der Waals surface area contributed by atoms with E-state index < -0.39 is 0 Å². The van der Waals surface area contributed by atoms with Gasteiger partial charge in [0, 0.05) is 21.5 Å². The second kappa shape index (κ2) is 6.64. The van der Waals surface area contributed by atoms with Gasteiger partial charge in [-0.05, 0) is 29.6 Å². The number of aromatic nitrogens is 1. The van der Waals surface area contributed by atoms with E-state index >= 15 is 0 Å². The third-order valence-corrected chi connectivity index (χ3v) is 3.73. The monoisotopic (exact) mass is 333 g/mol. The SMILES string of the molecule is N/C(=N/OCc1coc(-c2cccc(Cl)c2)n1)c1ccsc1. The number of hydrogen-bond acceptors (Lipinski definition) is 5. The second-order valence-electron chi connectivity index (χ2n) is 4.42. The van der Waals surface area contributed by atoms with Crippen LogP contribution in [0.1, 0.15) is 11.3 Å². The van der Waals surface area contributed by atoms with E-state index in [9.17, 15) is 0 Å². The summed E-state index contributed by atoms with van der Waals surface area (Å²) in [5, 5.41) is 8.30. The summed E-state index contributed by atoms with van der Waals surface area (Å²) in [4.78, 5) is 9.52. The van der Waals surface area contributed by atoms with E-state index in [-0.39, 0.29) is 6.61 Å². The van der Waals surface area contributed by atoms with Crippen molar-refractivity contribution in [3.63, 3.8) is 0 Å². The first-order chi connectivity index (χ1) is 10.7. The second-order valence-corrected chi connectivity index (χ2v) is 5.63. The fourth-order valence-electron chi connectivity index (χ4n) is 1.76. The van der Waals surface area contributed by atoms with E-state index in [1.165, 1.54) is 6.26 Å². The molecule has 0 spiro atoms. The summed E-state index contributed by atoms with van der Waals surface area (Å²) in [5.74, 6) is 0.815. The summed E-state index contributed by atoms with van der Waals surface area (Å²) in [6, 6.07) is 9.16. The van der Waals surface area contributed by atoms with Crippen molar-refractivity contribution in [3.8, 4) is 11.5 Å². The molecule has 22 heavy (non-hydrogen) atoms. The molecular formula is C15H12ClN3O2S. The molecule has 5 nitrogen and oxygen atoms in total. The number of nitrogens with two attached hydrogens (primary N) is 1. The fraction of sp³-hybridized carbons (Fsp3) is 0.0667. The maximum absolute atomic E-state index is 5.94. The predicted octanol–water partition coefficient (Wildman–Crippen LogP) is 3.89. The van der Waals surface area contributed by atoms with Gasteiger partial charge in [-0.3, -0.25) is 0 Å². The first kappa shape index (κ1) is 14.6. The molecule has 0 aliphatic carbocycles. The smallest absolute Gasteiger partial charge is 0.226 e. The van der Waals surface area contributed by atoms with E-state index in [0.717, 1.165) is 11.1 Å². The molecule has 0 saturated carbocycles. The molecule has 0 aliphatic heterocycles. The fourth-order valence-corrected chi connectivity index (χ4v) is 2.60. The third-order valence-electron chi connectivity index (χ3n) is 2.82. The van der Waals surface area contributed by atoms with Crippen molar-refractivity contribution in [2.45, 2.75) is 6.61 Å². The number of oxazole rings is 1. The van der Waals surface area contributed by atoms with Gasteiger partial charge >= 0.3 is 0 Å². The molecule has 2 heterocycles. The van der Waals surface area contributed by atoms with Crippen LogP contribution in [0, 0.1) is 0 Å². The lowest BCUT2D eigenvalue weighted by molar-refractivity contribution is 0.127. The van der Waals surface area contributed by atoms with Crippen molar-refractivity contribution < 1.29 is 9.25 Å². The van der Waals surface area contributed by atoms with Crippen LogP contribution in [0.5, 0.6) is 0 Å². The molecular weight excluding hydrogens is 322 g/mol. The summed E-state index contributed by atoms with van der Waals surface area (Å²) in [6.45, 7) is 0.175. The lowest BCUT2D eigenvalue weighted by atomic mass is 10.2. The lowest BCUT2D eigenvalue weighted by Gasteiger charge is -1.98. The van der Waals surface area contributed by atoms with Gasteiger partial charge in [0.1, 0.15) is 12.0 Å². The molecule has 0 atom stereocenters. The Kier molecular flexibility index (Phi) is 4.41. The zero-order valence-corrected chi connectivity index (χ0v) is 13.0. The quantitative estimate of drug-likeness (QED) is 0.436. The van der Waals surface area contributed by atoms with Gasteiger partial charge in [0.15, 0.2) is 12.4 Å². The maximum Gasteiger partial charge on any atom is 0.226 e. The zero-order valence-electron chi connectivity index (χ0n) is 11.4. The summed E-state index contributed by atoms with van der Waals surface area (Å²) in [7, 11) is 0. The van der Waals surface area contributed by atoms with Crippen molar-refractivity contribution in [2.24, 2.45) is 10.9 Å². The van der Waals surface area contributed by atoms with Crippen LogP contribution in [0.3, 0.4) is 0 Å². The minimum absolute atomic E-state index is 0.175. The van der Waals surface area contributed by atoms with Gasteiger partial charge in [0.2, 0.25) is 5.89 Å². The minimum Gasteiger partial charge on any atom is -0.444 e. The molecule has 2 aromatic heterocycles. The number of oxime groups is 1. The van der Waals surface area contributed by atoms with E-state index in [2.05, 4.69) is 10.1 Å². The summed E-state index contributed by atoms with van der Waals surface area (Å²) < 4.78 is 5.41. The van der Waals surface area contributed by atoms with Gasteiger partial charge < -0.3 is 15.0 Å². The normalized spacial score (nSPS) is 11.6. The van der Waals surface area contributed by atoms with Gasteiger partial charge in [-0.1, -0.05) is 22.8 Å². The Morgan fingerprint density at radius 1 is 1.41 bits per heavy atom. The Bertz CT molecular complexity index is 784. The third kappa shape index (κ3) is 3.47. The van der Waals surface area contributed by atoms with Crippen LogP contribution in [-0.4, -0.2) is 10.8 Å². The zero-order chi connectivity index (χ0) is 15.4. The Morgan fingerprint density at radius 3 is 3.09 bits per heavy atom. The standard InChI is InChI=1S/C15H12ClN3O2S/c16-12-3-1-2-10(6-12)15-18-13(7-20-15)8-21-19-14(17)11-4-5-22-9-11/h1-7,9H,8H2,(H2,17,19). The molecule has 2 N–H and O–H groups in total. The van der Waals surface area contributed by atoms with E-state index in [1.807, 2.05) is 29.0 Å². The first-order valence-corrected chi connectivity index (χ1v) is 7.73. The lowest BCUT2D eigenvalue weighted by Crippen LogP contribution is -2.12. The average molecular weight is 334 g/mol. The molecule has 0 amide bonds. The van der Waals surface area contributed by atoms with Crippen LogP contribution in [0.2, 0.25) is 5.02 Å². The molecule has 7 heteroatoms. The molecule has 0 unspecified atom stereocenters. The van der Waals surface area contributed by atoms with Gasteiger partial charge in [-0.15, -0.1) is 0 Å². The predicted molar refractivity (Wildman–Crippen MR) is 86.8 cm³/mol. The van der Waals surface area contributed by atoms with Crippen LogP contribution in [0.25, 0.3) is 11.5 Å². The van der Waals surface area contributed by atoms with Crippen molar-refractivity contribution in [3.05, 3.63) is 63.6 Å². The van der Waals surface area contributed by atoms with Crippen LogP contribution in [-0.2, 0) is 11.4 Å². The topological polar surface area (TPSA) is 73.6 Å². The Balaban J connectivity index is 1.64. The molecule has 112 valence electrons. The van der Waals surface area contributed by atoms with Crippen LogP contribution in [0.4, 0.5) is 0 Å². The number of hydrogen-bond donors (Lipinski definition) is 1. The Morgan fingerprint density at radius 2 is 2.32 bits per heavy atom. The minimum atomic E-state index is 0.175.